The van der Waals surface area contributed by atoms with Crippen LogP contribution in [0.5, 0.6) is 0 Å². The monoisotopic (exact) mass is 276 g/mol. The third-order valence-corrected chi connectivity index (χ3v) is 2.60. The molecule has 0 aliphatic heterocycles. The van der Waals surface area contributed by atoms with Crippen LogP contribution in [-0.2, 0) is 11.3 Å². The van der Waals surface area contributed by atoms with Crippen molar-refractivity contribution in [1.82, 2.24) is 10.2 Å². The third-order valence-electron chi connectivity index (χ3n) is 2.60. The van der Waals surface area contributed by atoms with Gasteiger partial charge in [-0.05, 0) is 38.7 Å². The molecule has 0 aromatic heterocycles. The maximum absolute atomic E-state index is 11.9. The fourth-order valence-electron chi connectivity index (χ4n) is 1.71. The number of hydrogen-bond acceptors (Lipinski definition) is 3. The van der Waals surface area contributed by atoms with Gasteiger partial charge < -0.3 is 15.0 Å². The average Bonchev–Trinajstić information content (AvgIpc) is 2.38. The average molecular weight is 276 g/mol. The predicted molar refractivity (Wildman–Crippen MR) is 81.8 cm³/mol. The number of carbonyl (C=O) groups excluding carboxylic acids is 1. The van der Waals surface area contributed by atoms with Gasteiger partial charge in [0.05, 0.1) is 13.2 Å². The lowest BCUT2D eigenvalue weighted by molar-refractivity contribution is 0.0927. The Morgan fingerprint density at radius 3 is 2.50 bits per heavy atom. The lowest BCUT2D eigenvalue weighted by atomic mass is 10.1. The van der Waals surface area contributed by atoms with E-state index in [2.05, 4.69) is 16.8 Å². The van der Waals surface area contributed by atoms with E-state index in [0.29, 0.717) is 25.3 Å². The van der Waals surface area contributed by atoms with Crippen LogP contribution < -0.4 is 5.32 Å². The van der Waals surface area contributed by atoms with Crippen molar-refractivity contribution in [2.75, 3.05) is 33.9 Å². The summed E-state index contributed by atoms with van der Waals surface area (Å²) in [7, 11) is 4.04. The first kappa shape index (κ1) is 16.4. The van der Waals surface area contributed by atoms with Gasteiger partial charge in [-0.25, -0.2) is 0 Å². The summed E-state index contributed by atoms with van der Waals surface area (Å²) in [6, 6.07) is 7.66. The molecule has 4 nitrogen and oxygen atoms in total. The van der Waals surface area contributed by atoms with Gasteiger partial charge in [-0.3, -0.25) is 4.79 Å². The zero-order valence-electron chi connectivity index (χ0n) is 12.6. The second-order valence-corrected chi connectivity index (χ2v) is 5.20. The molecule has 1 rings (SSSR count). The van der Waals surface area contributed by atoms with Crippen molar-refractivity contribution in [3.05, 3.63) is 47.5 Å². The maximum atomic E-state index is 11.9. The van der Waals surface area contributed by atoms with E-state index in [1.165, 1.54) is 5.56 Å². The molecule has 0 fully saturated rings. The van der Waals surface area contributed by atoms with Gasteiger partial charge in [0.2, 0.25) is 0 Å². The van der Waals surface area contributed by atoms with E-state index in [4.69, 9.17) is 4.74 Å². The van der Waals surface area contributed by atoms with E-state index in [9.17, 15) is 4.79 Å². The largest absolute Gasteiger partial charge is 0.375 e. The van der Waals surface area contributed by atoms with E-state index < -0.39 is 0 Å². The molecule has 0 atom stereocenters. The number of rotatable bonds is 8. The normalized spacial score (nSPS) is 10.6. The zero-order chi connectivity index (χ0) is 15.0. The highest BCUT2D eigenvalue weighted by molar-refractivity contribution is 5.94. The summed E-state index contributed by atoms with van der Waals surface area (Å²) in [6.07, 6.45) is 0. The molecule has 0 heterocycles. The van der Waals surface area contributed by atoms with Gasteiger partial charge >= 0.3 is 0 Å². The van der Waals surface area contributed by atoms with Crippen LogP contribution >= 0.6 is 0 Å². The lowest BCUT2D eigenvalue weighted by Crippen LogP contribution is -2.27. The van der Waals surface area contributed by atoms with Crippen LogP contribution in [-0.4, -0.2) is 44.7 Å². The van der Waals surface area contributed by atoms with Gasteiger partial charge in [0.15, 0.2) is 0 Å². The van der Waals surface area contributed by atoms with Crippen LogP contribution in [0.15, 0.2) is 36.4 Å². The molecule has 0 spiro atoms. The first-order valence-corrected chi connectivity index (χ1v) is 6.73. The molecule has 0 radical (unpaired) electrons. The first-order chi connectivity index (χ1) is 9.49. The second kappa shape index (κ2) is 8.51. The molecule has 110 valence electrons. The van der Waals surface area contributed by atoms with Gasteiger partial charge in [-0.2, -0.15) is 0 Å². The van der Waals surface area contributed by atoms with E-state index in [1.54, 1.807) is 0 Å². The molecule has 0 aliphatic carbocycles. The van der Waals surface area contributed by atoms with Crippen LogP contribution in [0.3, 0.4) is 0 Å². The molecule has 0 saturated heterocycles. The molecule has 4 heteroatoms. The topological polar surface area (TPSA) is 41.6 Å². The summed E-state index contributed by atoms with van der Waals surface area (Å²) in [6.45, 7) is 8.07. The summed E-state index contributed by atoms with van der Waals surface area (Å²) in [5.74, 6) is -0.0691. The van der Waals surface area contributed by atoms with E-state index in [-0.39, 0.29) is 5.91 Å². The number of carbonyl (C=O) groups is 1. The smallest absolute Gasteiger partial charge is 0.251 e. The SMILES string of the molecule is C=C(C)COCCNC(=O)c1ccc(CN(C)C)cc1. The molecule has 1 aromatic carbocycles. The molecule has 1 aromatic rings. The first-order valence-electron chi connectivity index (χ1n) is 6.73. The number of benzene rings is 1. The van der Waals surface area contributed by atoms with Gasteiger partial charge in [0.25, 0.3) is 5.91 Å². The van der Waals surface area contributed by atoms with Crippen molar-refractivity contribution in [2.45, 2.75) is 13.5 Å². The van der Waals surface area contributed by atoms with Crippen molar-refractivity contribution >= 4 is 5.91 Å². The van der Waals surface area contributed by atoms with Gasteiger partial charge in [0, 0.05) is 18.7 Å². The van der Waals surface area contributed by atoms with Crippen LogP contribution in [0, 0.1) is 0 Å². The Hall–Kier alpha value is -1.65. The van der Waals surface area contributed by atoms with Crippen LogP contribution in [0.2, 0.25) is 0 Å². The van der Waals surface area contributed by atoms with E-state index in [0.717, 1.165) is 12.1 Å². The van der Waals surface area contributed by atoms with Crippen molar-refractivity contribution in [3.63, 3.8) is 0 Å². The Morgan fingerprint density at radius 1 is 1.30 bits per heavy atom. The van der Waals surface area contributed by atoms with Crippen molar-refractivity contribution in [3.8, 4) is 0 Å². The minimum Gasteiger partial charge on any atom is -0.375 e. The summed E-state index contributed by atoms with van der Waals surface area (Å²) >= 11 is 0. The quantitative estimate of drug-likeness (QED) is 0.584. The molecular weight excluding hydrogens is 252 g/mol. The Morgan fingerprint density at radius 2 is 1.95 bits per heavy atom. The Balaban J connectivity index is 2.34. The second-order valence-electron chi connectivity index (χ2n) is 5.20. The third kappa shape index (κ3) is 6.50. The zero-order valence-corrected chi connectivity index (χ0v) is 12.6. The van der Waals surface area contributed by atoms with Crippen molar-refractivity contribution < 1.29 is 9.53 Å². The van der Waals surface area contributed by atoms with E-state index >= 15 is 0 Å². The Bertz CT molecular complexity index is 438. The molecule has 1 amide bonds. The van der Waals surface area contributed by atoms with Crippen molar-refractivity contribution in [2.24, 2.45) is 0 Å². The summed E-state index contributed by atoms with van der Waals surface area (Å²) in [4.78, 5) is 14.0. The number of amides is 1. The highest BCUT2D eigenvalue weighted by Crippen LogP contribution is 2.06. The van der Waals surface area contributed by atoms with Crippen LogP contribution in [0.4, 0.5) is 0 Å². The predicted octanol–water partition coefficient (Wildman–Crippen LogP) is 2.07. The molecule has 0 saturated carbocycles. The van der Waals surface area contributed by atoms with Crippen LogP contribution in [0.1, 0.15) is 22.8 Å². The molecular formula is C16H24N2O2. The van der Waals surface area contributed by atoms with Crippen LogP contribution in [0.25, 0.3) is 0 Å². The molecule has 20 heavy (non-hydrogen) atoms. The molecule has 0 unspecified atom stereocenters. The number of ether oxygens (including phenoxy) is 1. The summed E-state index contributed by atoms with van der Waals surface area (Å²) in [5.41, 5.74) is 2.84. The summed E-state index contributed by atoms with van der Waals surface area (Å²) < 4.78 is 5.32. The van der Waals surface area contributed by atoms with Gasteiger partial charge in [-0.15, -0.1) is 0 Å². The minimum atomic E-state index is -0.0691. The number of nitrogens with one attached hydrogen (secondary N) is 1. The highest BCUT2D eigenvalue weighted by atomic mass is 16.5. The minimum absolute atomic E-state index is 0.0691. The molecule has 1 N–H and O–H groups in total. The lowest BCUT2D eigenvalue weighted by Gasteiger charge is -2.10. The molecule has 0 bridgehead atoms. The fraction of sp³-hybridized carbons (Fsp3) is 0.438. The number of nitrogens with zero attached hydrogens (tertiary/aromatic N) is 1. The van der Waals surface area contributed by atoms with Gasteiger partial charge in [0.1, 0.15) is 0 Å². The maximum Gasteiger partial charge on any atom is 0.251 e. The van der Waals surface area contributed by atoms with Gasteiger partial charge in [-0.1, -0.05) is 24.3 Å². The van der Waals surface area contributed by atoms with E-state index in [1.807, 2.05) is 45.3 Å². The summed E-state index contributed by atoms with van der Waals surface area (Å²) in [5, 5.41) is 2.83. The Kier molecular flexibility index (Phi) is 6.98. The standard InChI is InChI=1S/C16H24N2O2/c1-13(2)12-20-10-9-17-16(19)15-7-5-14(6-8-15)11-18(3)4/h5-8H,1,9-12H2,2-4H3,(H,17,19). The number of hydrogen-bond donors (Lipinski definition) is 1. The molecule has 0 aliphatic rings. The fourth-order valence-corrected chi connectivity index (χ4v) is 1.71. The highest BCUT2D eigenvalue weighted by Gasteiger charge is 2.04. The Labute approximate surface area is 121 Å². The van der Waals surface area contributed by atoms with Crippen molar-refractivity contribution in [1.29, 1.82) is 0 Å².